The predicted octanol–water partition coefficient (Wildman–Crippen LogP) is 1.24. The van der Waals surface area contributed by atoms with Gasteiger partial charge < -0.3 is 15.0 Å². The van der Waals surface area contributed by atoms with E-state index >= 15 is 0 Å². The molecule has 8 heteroatoms. The Morgan fingerprint density at radius 1 is 1.40 bits per heavy atom. The van der Waals surface area contributed by atoms with Gasteiger partial charge in [0.25, 0.3) is 15.0 Å². The monoisotopic (exact) mass is 318 g/mol. The van der Waals surface area contributed by atoms with Crippen LogP contribution in [0, 0.1) is 5.92 Å². The largest absolute Gasteiger partial charge is 0.376 e. The Morgan fingerprint density at radius 2 is 2.15 bits per heavy atom. The fraction of sp³-hybridized carbons (Fsp3) is 0.583. The lowest BCUT2D eigenvalue weighted by molar-refractivity contribution is 0.0727. The maximum atomic E-state index is 12.1. The van der Waals surface area contributed by atoms with E-state index in [9.17, 15) is 13.2 Å². The third-order valence-electron chi connectivity index (χ3n) is 3.72. The van der Waals surface area contributed by atoms with E-state index in [-0.39, 0.29) is 28.6 Å². The van der Waals surface area contributed by atoms with E-state index in [2.05, 4.69) is 10.3 Å². The van der Waals surface area contributed by atoms with Crippen molar-refractivity contribution in [2.24, 2.45) is 5.92 Å². The summed E-state index contributed by atoms with van der Waals surface area (Å²) in [6.45, 7) is 0.651. The highest BCUT2D eigenvalue weighted by molar-refractivity contribution is 8.13. The summed E-state index contributed by atoms with van der Waals surface area (Å²) in [5, 5.41) is 2.90. The molecule has 1 saturated carbocycles. The van der Waals surface area contributed by atoms with Crippen LogP contribution in [-0.4, -0.2) is 38.1 Å². The van der Waals surface area contributed by atoms with Gasteiger partial charge in [0, 0.05) is 23.5 Å². The van der Waals surface area contributed by atoms with E-state index < -0.39 is 9.05 Å². The standard InChI is InChI=1S/C12H15ClN2O4S/c13-20(17,18)8-5-10(14-6-8)12(16)15-9-3-4-19-11(9)7-1-2-7/h5-7,9,11,14H,1-4H2,(H,15,16). The lowest BCUT2D eigenvalue weighted by Gasteiger charge is -2.18. The second kappa shape index (κ2) is 5.05. The number of H-pyrrole nitrogens is 1. The summed E-state index contributed by atoms with van der Waals surface area (Å²) in [7, 11) is 1.40. The number of amides is 1. The number of rotatable bonds is 4. The molecule has 20 heavy (non-hydrogen) atoms. The van der Waals surface area contributed by atoms with Crippen molar-refractivity contribution < 1.29 is 17.9 Å². The molecule has 1 aliphatic carbocycles. The SMILES string of the molecule is O=C(NC1CCOC1C1CC1)c1cc(S(=O)(=O)Cl)c[nH]1. The van der Waals surface area contributed by atoms with Crippen LogP contribution in [0.4, 0.5) is 0 Å². The van der Waals surface area contributed by atoms with Gasteiger partial charge in [0.05, 0.1) is 12.1 Å². The number of hydrogen-bond acceptors (Lipinski definition) is 4. The molecule has 2 unspecified atom stereocenters. The van der Waals surface area contributed by atoms with Crippen LogP contribution in [0.25, 0.3) is 0 Å². The van der Waals surface area contributed by atoms with E-state index in [0.717, 1.165) is 19.3 Å². The molecule has 110 valence electrons. The van der Waals surface area contributed by atoms with Gasteiger partial charge in [-0.2, -0.15) is 0 Å². The zero-order chi connectivity index (χ0) is 14.3. The predicted molar refractivity (Wildman–Crippen MR) is 72.2 cm³/mol. The average molecular weight is 319 g/mol. The van der Waals surface area contributed by atoms with E-state index in [0.29, 0.717) is 12.5 Å². The van der Waals surface area contributed by atoms with E-state index in [1.54, 1.807) is 0 Å². The van der Waals surface area contributed by atoms with Crippen molar-refractivity contribution in [2.75, 3.05) is 6.61 Å². The molecular weight excluding hydrogens is 304 g/mol. The molecular formula is C12H15ClN2O4S. The normalized spacial score (nSPS) is 26.6. The molecule has 0 radical (unpaired) electrons. The Balaban J connectivity index is 1.68. The molecule has 1 saturated heterocycles. The van der Waals surface area contributed by atoms with Gasteiger partial charge in [-0.3, -0.25) is 4.79 Å². The second-order valence-electron chi connectivity index (χ2n) is 5.23. The Hall–Kier alpha value is -1.05. The molecule has 1 aliphatic heterocycles. The fourth-order valence-corrected chi connectivity index (χ4v) is 3.27. The van der Waals surface area contributed by atoms with Gasteiger partial charge in [0.15, 0.2) is 0 Å². The highest BCUT2D eigenvalue weighted by Crippen LogP contribution is 2.38. The number of carbonyl (C=O) groups excluding carboxylic acids is 1. The van der Waals surface area contributed by atoms with Gasteiger partial charge in [-0.25, -0.2) is 8.42 Å². The highest BCUT2D eigenvalue weighted by Gasteiger charge is 2.41. The second-order valence-corrected chi connectivity index (χ2v) is 7.79. The summed E-state index contributed by atoms with van der Waals surface area (Å²) in [6.07, 6.45) is 4.38. The average Bonchev–Trinajstić information content (AvgIpc) is 2.91. The number of aromatic amines is 1. The smallest absolute Gasteiger partial charge is 0.268 e. The van der Waals surface area contributed by atoms with Gasteiger partial charge in [0.1, 0.15) is 10.6 Å². The first-order chi connectivity index (χ1) is 9.45. The van der Waals surface area contributed by atoms with Crippen molar-refractivity contribution in [1.29, 1.82) is 0 Å². The maximum absolute atomic E-state index is 12.1. The molecule has 2 atom stereocenters. The first-order valence-electron chi connectivity index (χ1n) is 6.51. The summed E-state index contributed by atoms with van der Waals surface area (Å²) in [6, 6.07) is 1.23. The van der Waals surface area contributed by atoms with Crippen molar-refractivity contribution >= 4 is 25.6 Å². The molecule has 6 nitrogen and oxygen atoms in total. The number of aromatic nitrogens is 1. The number of ether oxygens (including phenoxy) is 1. The zero-order valence-electron chi connectivity index (χ0n) is 10.6. The summed E-state index contributed by atoms with van der Waals surface area (Å²) < 4.78 is 28.0. The van der Waals surface area contributed by atoms with Crippen LogP contribution >= 0.6 is 10.7 Å². The Bertz CT molecular complexity index is 623. The molecule has 0 bridgehead atoms. The minimum absolute atomic E-state index is 0.00522. The zero-order valence-corrected chi connectivity index (χ0v) is 12.2. The minimum Gasteiger partial charge on any atom is -0.376 e. The molecule has 2 aliphatic rings. The topological polar surface area (TPSA) is 88.3 Å². The molecule has 1 aromatic rings. The summed E-state index contributed by atoms with van der Waals surface area (Å²) in [5.41, 5.74) is 0.186. The van der Waals surface area contributed by atoms with Crippen molar-refractivity contribution in [2.45, 2.75) is 36.3 Å². The third-order valence-corrected chi connectivity index (χ3v) is 5.05. The number of hydrogen-bond donors (Lipinski definition) is 2. The molecule has 0 spiro atoms. The Kier molecular flexibility index (Phi) is 3.51. The lowest BCUT2D eigenvalue weighted by Crippen LogP contribution is -2.41. The van der Waals surface area contributed by atoms with E-state index in [4.69, 9.17) is 15.4 Å². The van der Waals surface area contributed by atoms with Gasteiger partial charge in [-0.05, 0) is 31.2 Å². The van der Waals surface area contributed by atoms with E-state index in [1.807, 2.05) is 0 Å². The van der Waals surface area contributed by atoms with Gasteiger partial charge in [-0.15, -0.1) is 0 Å². The van der Waals surface area contributed by atoms with Crippen molar-refractivity contribution in [3.63, 3.8) is 0 Å². The van der Waals surface area contributed by atoms with Crippen molar-refractivity contribution in [3.8, 4) is 0 Å². The van der Waals surface area contributed by atoms with Gasteiger partial charge in [0.2, 0.25) is 0 Å². The molecule has 2 fully saturated rings. The summed E-state index contributed by atoms with van der Waals surface area (Å²) in [5.74, 6) is 0.211. The maximum Gasteiger partial charge on any atom is 0.268 e. The molecule has 0 aromatic carbocycles. The first-order valence-corrected chi connectivity index (χ1v) is 8.81. The molecule has 3 rings (SSSR count). The lowest BCUT2D eigenvalue weighted by atomic mass is 10.1. The number of nitrogens with one attached hydrogen (secondary N) is 2. The minimum atomic E-state index is -3.82. The van der Waals surface area contributed by atoms with Crippen LogP contribution in [-0.2, 0) is 13.8 Å². The van der Waals surface area contributed by atoms with Crippen LogP contribution in [0.3, 0.4) is 0 Å². The number of halogens is 1. The van der Waals surface area contributed by atoms with Gasteiger partial charge >= 0.3 is 0 Å². The van der Waals surface area contributed by atoms with Crippen LogP contribution < -0.4 is 5.32 Å². The Labute approximate surface area is 121 Å². The first kappa shape index (κ1) is 13.9. The number of carbonyl (C=O) groups is 1. The van der Waals surface area contributed by atoms with Crippen LogP contribution in [0.1, 0.15) is 29.8 Å². The summed E-state index contributed by atoms with van der Waals surface area (Å²) in [4.78, 5) is 14.6. The van der Waals surface area contributed by atoms with Crippen LogP contribution in [0.5, 0.6) is 0 Å². The summed E-state index contributed by atoms with van der Waals surface area (Å²) >= 11 is 0. The van der Waals surface area contributed by atoms with Crippen molar-refractivity contribution in [1.82, 2.24) is 10.3 Å². The molecule has 1 amide bonds. The quantitative estimate of drug-likeness (QED) is 0.818. The third kappa shape index (κ3) is 2.84. The molecule has 1 aromatic heterocycles. The van der Waals surface area contributed by atoms with E-state index in [1.165, 1.54) is 12.3 Å². The molecule has 2 heterocycles. The van der Waals surface area contributed by atoms with Crippen LogP contribution in [0.2, 0.25) is 0 Å². The fourth-order valence-electron chi connectivity index (χ4n) is 2.55. The van der Waals surface area contributed by atoms with Crippen LogP contribution in [0.15, 0.2) is 17.2 Å². The van der Waals surface area contributed by atoms with Crippen molar-refractivity contribution in [3.05, 3.63) is 18.0 Å². The Morgan fingerprint density at radius 3 is 2.75 bits per heavy atom. The molecule has 2 N–H and O–H groups in total. The highest BCUT2D eigenvalue weighted by atomic mass is 35.7. The van der Waals surface area contributed by atoms with Gasteiger partial charge in [-0.1, -0.05) is 0 Å².